The molecule has 1 aromatic rings. The Morgan fingerprint density at radius 2 is 2.20 bits per heavy atom. The Hall–Kier alpha value is -1.77. The van der Waals surface area contributed by atoms with E-state index in [4.69, 9.17) is 10.00 Å². The predicted octanol–water partition coefficient (Wildman–Crippen LogP) is 0.923. The lowest BCUT2D eigenvalue weighted by molar-refractivity contribution is 0.0861. The molecule has 0 aromatic heterocycles. The Morgan fingerprint density at radius 3 is 2.73 bits per heavy atom. The number of benzene rings is 1. The molecule has 5 nitrogen and oxygen atoms in total. The molecule has 0 bridgehead atoms. The number of nitriles is 1. The van der Waals surface area contributed by atoms with E-state index in [1.165, 1.54) is 20.3 Å². The minimum atomic E-state index is 0.0652. The third-order valence-corrected chi connectivity index (χ3v) is 1.93. The highest BCUT2D eigenvalue weighted by atomic mass is 16.6. The molecule has 1 rings (SSSR count). The number of rotatable bonds is 4. The van der Waals surface area contributed by atoms with Gasteiger partial charge in [-0.25, -0.2) is 0 Å². The van der Waals surface area contributed by atoms with Gasteiger partial charge in [0.15, 0.2) is 0 Å². The summed E-state index contributed by atoms with van der Waals surface area (Å²) >= 11 is 0. The van der Waals surface area contributed by atoms with Crippen molar-refractivity contribution in [2.24, 2.45) is 0 Å². The number of hydrogen-bond acceptors (Lipinski definition) is 5. The van der Waals surface area contributed by atoms with E-state index in [0.717, 1.165) is 0 Å². The van der Waals surface area contributed by atoms with Crippen LogP contribution in [0.4, 0.5) is 0 Å². The number of nitrogens with one attached hydrogen (secondary N) is 1. The van der Waals surface area contributed by atoms with Gasteiger partial charge in [0.1, 0.15) is 17.6 Å². The molecule has 0 spiro atoms. The van der Waals surface area contributed by atoms with Crippen molar-refractivity contribution in [2.75, 3.05) is 14.2 Å². The molecular formula is C10H12N2O3. The molecule has 0 fully saturated rings. The van der Waals surface area contributed by atoms with Gasteiger partial charge in [0.05, 0.1) is 19.8 Å². The van der Waals surface area contributed by atoms with E-state index in [1.54, 1.807) is 6.07 Å². The molecule has 2 N–H and O–H groups in total. The van der Waals surface area contributed by atoms with E-state index in [0.29, 0.717) is 23.4 Å². The molecule has 0 aliphatic heterocycles. The zero-order valence-corrected chi connectivity index (χ0v) is 8.57. The van der Waals surface area contributed by atoms with Crippen LogP contribution in [0.15, 0.2) is 12.1 Å². The Bertz CT molecular complexity index is 385. The Kier molecular flexibility index (Phi) is 3.92. The quantitative estimate of drug-likeness (QED) is 0.720. The van der Waals surface area contributed by atoms with Crippen molar-refractivity contribution >= 4 is 0 Å². The SMILES string of the molecule is CONCc1cc(C#N)c(OC)cc1O. The maximum absolute atomic E-state index is 9.58. The molecule has 80 valence electrons. The Labute approximate surface area is 87.8 Å². The van der Waals surface area contributed by atoms with Crippen LogP contribution in [-0.2, 0) is 11.4 Å². The van der Waals surface area contributed by atoms with E-state index in [9.17, 15) is 5.11 Å². The van der Waals surface area contributed by atoms with E-state index in [2.05, 4.69) is 10.3 Å². The van der Waals surface area contributed by atoms with Crippen LogP contribution in [-0.4, -0.2) is 19.3 Å². The van der Waals surface area contributed by atoms with Gasteiger partial charge in [-0.15, -0.1) is 0 Å². The zero-order chi connectivity index (χ0) is 11.3. The first kappa shape index (κ1) is 11.3. The Balaban J connectivity index is 3.04. The number of hydroxylamine groups is 1. The number of phenolic OH excluding ortho intramolecular Hbond substituents is 1. The van der Waals surface area contributed by atoms with Gasteiger partial charge < -0.3 is 14.7 Å². The first-order chi connectivity index (χ1) is 7.22. The van der Waals surface area contributed by atoms with Crippen LogP contribution in [0.2, 0.25) is 0 Å². The third-order valence-electron chi connectivity index (χ3n) is 1.93. The van der Waals surface area contributed by atoms with Crippen molar-refractivity contribution in [2.45, 2.75) is 6.54 Å². The monoisotopic (exact) mass is 208 g/mol. The lowest BCUT2D eigenvalue weighted by Crippen LogP contribution is -2.11. The lowest BCUT2D eigenvalue weighted by Gasteiger charge is -2.08. The van der Waals surface area contributed by atoms with Crippen molar-refractivity contribution in [1.29, 1.82) is 5.26 Å². The van der Waals surface area contributed by atoms with Crippen LogP contribution in [0.5, 0.6) is 11.5 Å². The summed E-state index contributed by atoms with van der Waals surface area (Å²) in [6.07, 6.45) is 0. The summed E-state index contributed by atoms with van der Waals surface area (Å²) in [5.74, 6) is 0.423. The fraction of sp³-hybridized carbons (Fsp3) is 0.300. The van der Waals surface area contributed by atoms with Gasteiger partial charge in [0, 0.05) is 18.2 Å². The van der Waals surface area contributed by atoms with Crippen molar-refractivity contribution in [3.8, 4) is 17.6 Å². The van der Waals surface area contributed by atoms with Gasteiger partial charge in [-0.1, -0.05) is 0 Å². The number of aromatic hydroxyl groups is 1. The van der Waals surface area contributed by atoms with Crippen LogP contribution in [0.3, 0.4) is 0 Å². The highest BCUT2D eigenvalue weighted by molar-refractivity contribution is 5.51. The summed E-state index contributed by atoms with van der Waals surface area (Å²) in [4.78, 5) is 4.66. The van der Waals surface area contributed by atoms with E-state index in [1.807, 2.05) is 6.07 Å². The van der Waals surface area contributed by atoms with Crippen LogP contribution in [0, 0.1) is 11.3 Å². The van der Waals surface area contributed by atoms with Crippen molar-refractivity contribution < 1.29 is 14.7 Å². The highest BCUT2D eigenvalue weighted by Crippen LogP contribution is 2.27. The zero-order valence-electron chi connectivity index (χ0n) is 8.57. The molecule has 5 heteroatoms. The summed E-state index contributed by atoms with van der Waals surface area (Å²) in [5.41, 5.74) is 3.54. The molecule has 0 radical (unpaired) electrons. The number of nitrogens with zero attached hydrogens (tertiary/aromatic N) is 1. The summed E-state index contributed by atoms with van der Waals surface area (Å²) in [5, 5.41) is 18.4. The number of methoxy groups -OCH3 is 1. The minimum Gasteiger partial charge on any atom is -0.507 e. The first-order valence-corrected chi connectivity index (χ1v) is 4.28. The molecule has 0 unspecified atom stereocenters. The van der Waals surface area contributed by atoms with Crippen molar-refractivity contribution in [3.05, 3.63) is 23.3 Å². The fourth-order valence-electron chi connectivity index (χ4n) is 1.16. The summed E-state index contributed by atoms with van der Waals surface area (Å²) in [6, 6.07) is 4.95. The average Bonchev–Trinajstić information content (AvgIpc) is 2.27. The summed E-state index contributed by atoms with van der Waals surface area (Å²) in [7, 11) is 2.93. The molecule has 15 heavy (non-hydrogen) atoms. The van der Waals surface area contributed by atoms with Crippen molar-refractivity contribution in [1.82, 2.24) is 5.48 Å². The molecule has 0 saturated heterocycles. The van der Waals surface area contributed by atoms with Gasteiger partial charge in [0.2, 0.25) is 0 Å². The van der Waals surface area contributed by atoms with Crippen LogP contribution in [0.1, 0.15) is 11.1 Å². The number of ether oxygens (including phenoxy) is 1. The fourth-order valence-corrected chi connectivity index (χ4v) is 1.16. The van der Waals surface area contributed by atoms with Gasteiger partial charge in [0.25, 0.3) is 0 Å². The van der Waals surface area contributed by atoms with Gasteiger partial charge in [-0.3, -0.25) is 0 Å². The smallest absolute Gasteiger partial charge is 0.140 e. The topological polar surface area (TPSA) is 74.5 Å². The first-order valence-electron chi connectivity index (χ1n) is 4.28. The third kappa shape index (κ3) is 2.59. The van der Waals surface area contributed by atoms with Crippen LogP contribution < -0.4 is 10.2 Å². The largest absolute Gasteiger partial charge is 0.507 e. The second kappa shape index (κ2) is 5.20. The van der Waals surface area contributed by atoms with Crippen LogP contribution in [0.25, 0.3) is 0 Å². The van der Waals surface area contributed by atoms with E-state index in [-0.39, 0.29) is 5.75 Å². The number of hydrogen-bond donors (Lipinski definition) is 2. The Morgan fingerprint density at radius 1 is 1.47 bits per heavy atom. The van der Waals surface area contributed by atoms with E-state index < -0.39 is 0 Å². The molecule has 0 atom stereocenters. The lowest BCUT2D eigenvalue weighted by atomic mass is 10.1. The maximum Gasteiger partial charge on any atom is 0.140 e. The molecule has 1 aromatic carbocycles. The van der Waals surface area contributed by atoms with E-state index >= 15 is 0 Å². The highest BCUT2D eigenvalue weighted by Gasteiger charge is 2.09. The molecule has 0 amide bonds. The second-order valence-corrected chi connectivity index (χ2v) is 2.82. The summed E-state index contributed by atoms with van der Waals surface area (Å²) < 4.78 is 4.94. The van der Waals surface area contributed by atoms with Gasteiger partial charge in [-0.05, 0) is 6.07 Å². The maximum atomic E-state index is 9.58. The van der Waals surface area contributed by atoms with Crippen molar-refractivity contribution in [3.63, 3.8) is 0 Å². The molecule has 0 aliphatic carbocycles. The standard InChI is InChI=1S/C10H12N2O3/c1-14-10-4-9(13)8(6-12-15-2)3-7(10)5-11/h3-4,12-13H,6H2,1-2H3. The van der Waals surface area contributed by atoms with Gasteiger partial charge in [-0.2, -0.15) is 10.7 Å². The average molecular weight is 208 g/mol. The predicted molar refractivity (Wildman–Crippen MR) is 53.2 cm³/mol. The molecule has 0 heterocycles. The molecule has 0 saturated carbocycles. The van der Waals surface area contributed by atoms with Crippen LogP contribution >= 0.6 is 0 Å². The minimum absolute atomic E-state index is 0.0652. The summed E-state index contributed by atoms with van der Waals surface area (Å²) in [6.45, 7) is 0.320. The molecular weight excluding hydrogens is 196 g/mol. The number of phenols is 1. The van der Waals surface area contributed by atoms with Gasteiger partial charge >= 0.3 is 0 Å². The molecule has 0 aliphatic rings. The second-order valence-electron chi connectivity index (χ2n) is 2.82. The normalized spacial score (nSPS) is 9.67.